The largest absolute Gasteiger partial charge is 0.534 e. The van der Waals surface area contributed by atoms with Gasteiger partial charge in [-0.15, -0.1) is 0 Å². The number of alkyl halides is 6. The molecule has 238 valence electrons. The quantitative estimate of drug-likeness (QED) is 0.0630. The first-order chi connectivity index (χ1) is 21.3. The minimum absolute atomic E-state index is 0.132. The maximum absolute atomic E-state index is 13.4. The lowest BCUT2D eigenvalue weighted by atomic mass is 9.84. The van der Waals surface area contributed by atoms with E-state index in [0.717, 1.165) is 6.92 Å². The van der Waals surface area contributed by atoms with E-state index >= 15 is 0 Å². The summed E-state index contributed by atoms with van der Waals surface area (Å²) < 4.78 is 138. The number of phenols is 2. The van der Waals surface area contributed by atoms with Gasteiger partial charge >= 0.3 is 31.3 Å². The summed E-state index contributed by atoms with van der Waals surface area (Å²) in [7, 11) is -12.8. The molecule has 16 heteroatoms. The average Bonchev–Trinajstić information content (AvgIpc) is 2.97. The maximum Gasteiger partial charge on any atom is 0.534 e. The lowest BCUT2D eigenvalue weighted by Crippen LogP contribution is -2.29. The van der Waals surface area contributed by atoms with Crippen LogP contribution in [0.15, 0.2) is 48.5 Å². The molecule has 2 N–H and O–H groups in total. The highest BCUT2D eigenvalue weighted by Gasteiger charge is 2.51. The fourth-order valence-electron chi connectivity index (χ4n) is 6.21. The molecule has 7 rings (SSSR count). The molecule has 0 saturated heterocycles. The van der Waals surface area contributed by atoms with Crippen molar-refractivity contribution >= 4 is 84.9 Å². The highest BCUT2D eigenvalue weighted by atomic mass is 32.2. The third-order valence-electron chi connectivity index (χ3n) is 8.25. The van der Waals surface area contributed by atoms with Crippen LogP contribution in [0.5, 0.6) is 23.0 Å². The van der Waals surface area contributed by atoms with Gasteiger partial charge in [-0.2, -0.15) is 43.2 Å². The Labute approximate surface area is 253 Å². The predicted octanol–water partition coefficient (Wildman–Crippen LogP) is 7.97. The van der Waals surface area contributed by atoms with Gasteiger partial charge in [-0.25, -0.2) is 0 Å². The van der Waals surface area contributed by atoms with E-state index in [0.29, 0.717) is 43.1 Å². The Balaban J connectivity index is 1.70. The van der Waals surface area contributed by atoms with Crippen LogP contribution >= 0.6 is 0 Å². The van der Waals surface area contributed by atoms with Gasteiger partial charge < -0.3 is 18.6 Å². The van der Waals surface area contributed by atoms with Crippen molar-refractivity contribution < 1.29 is 61.8 Å². The molecule has 0 heterocycles. The van der Waals surface area contributed by atoms with Crippen LogP contribution < -0.4 is 8.37 Å². The second-order valence-electron chi connectivity index (χ2n) is 10.7. The number of aromatic hydroxyl groups is 2. The van der Waals surface area contributed by atoms with E-state index in [2.05, 4.69) is 8.37 Å². The van der Waals surface area contributed by atoms with Gasteiger partial charge in [0.2, 0.25) is 0 Å². The third kappa shape index (κ3) is 3.79. The molecule has 0 saturated carbocycles. The van der Waals surface area contributed by atoms with Crippen molar-refractivity contribution in [2.45, 2.75) is 24.9 Å². The average molecular weight is 683 g/mol. The van der Waals surface area contributed by atoms with Crippen LogP contribution in [-0.4, -0.2) is 38.1 Å². The summed E-state index contributed by atoms with van der Waals surface area (Å²) in [6.07, 6.45) is 0. The molecule has 46 heavy (non-hydrogen) atoms. The number of halogens is 6. The van der Waals surface area contributed by atoms with Gasteiger partial charge in [-0.05, 0) is 70.4 Å². The summed E-state index contributed by atoms with van der Waals surface area (Å²) in [5.74, 6) is -2.50. The van der Waals surface area contributed by atoms with Gasteiger partial charge in [-0.1, -0.05) is 24.3 Å². The number of rotatable bonds is 4. The normalized spacial score (nSPS) is 13.7. The predicted molar refractivity (Wildman–Crippen MR) is 158 cm³/mol. The Kier molecular flexibility index (Phi) is 5.85. The molecule has 0 bridgehead atoms. The zero-order chi connectivity index (χ0) is 33.5. The minimum Gasteiger partial charge on any atom is -0.507 e. The summed E-state index contributed by atoms with van der Waals surface area (Å²) in [4.78, 5) is 0. The van der Waals surface area contributed by atoms with Crippen LogP contribution in [-0.2, 0) is 20.2 Å². The van der Waals surface area contributed by atoms with Crippen LogP contribution in [0.25, 0.3) is 64.6 Å². The minimum atomic E-state index is -6.39. The van der Waals surface area contributed by atoms with Crippen LogP contribution in [0, 0.1) is 13.8 Å². The van der Waals surface area contributed by atoms with Gasteiger partial charge in [0.05, 0.1) is 0 Å². The van der Waals surface area contributed by atoms with Gasteiger partial charge in [0, 0.05) is 43.4 Å². The Bertz CT molecular complexity index is 2510. The molecule has 0 atom stereocenters. The van der Waals surface area contributed by atoms with E-state index in [9.17, 15) is 53.4 Å². The number of phenolic OH excluding ortho intramolecular Hbond substituents is 2. The topological polar surface area (TPSA) is 127 Å². The van der Waals surface area contributed by atoms with Crippen LogP contribution in [0.3, 0.4) is 0 Å². The van der Waals surface area contributed by atoms with Gasteiger partial charge in [0.1, 0.15) is 11.5 Å². The number of hydrogen-bond donors (Lipinski definition) is 2. The van der Waals surface area contributed by atoms with E-state index in [-0.39, 0.29) is 38.6 Å². The van der Waals surface area contributed by atoms with E-state index in [1.165, 1.54) is 31.2 Å². The molecule has 0 aliphatic carbocycles. The third-order valence-corrected chi connectivity index (χ3v) is 10.2. The zero-order valence-corrected chi connectivity index (χ0v) is 24.7. The van der Waals surface area contributed by atoms with Crippen molar-refractivity contribution in [2.24, 2.45) is 0 Å². The molecule has 7 aromatic carbocycles. The standard InChI is InChI=1S/C30H16F6O8S2/c1-11-25(37)17-7-3-13-15-5-9-19-24-20(10-6-16(22(15)24)14-4-8-18(26(11)38)23(17)21(13)14)28(44-46(41,42)30(34,35)36)12(2)27(19)43-45(39,40)29(31,32)33/h3-10,37-38H,1-2H3. The summed E-state index contributed by atoms with van der Waals surface area (Å²) in [5.41, 5.74) is -12.4. The van der Waals surface area contributed by atoms with E-state index in [1.807, 2.05) is 0 Å². The SMILES string of the molecule is Cc1c(O)c2ccc3c4ccc5c(OS(=O)(=O)C(F)(F)F)c(C)c(OS(=O)(=O)C(F)(F)F)c6ccc(c7ccc(c1O)c2c37)c4c56. The van der Waals surface area contributed by atoms with Crippen molar-refractivity contribution in [3.63, 3.8) is 0 Å². The summed E-state index contributed by atoms with van der Waals surface area (Å²) in [6, 6.07) is 11.7. The highest BCUT2D eigenvalue weighted by molar-refractivity contribution is 7.88. The number of hydrogen-bond acceptors (Lipinski definition) is 8. The molecule has 0 amide bonds. The molecule has 0 aliphatic rings. The Hall–Kier alpha value is -4.70. The Morgan fingerprint density at radius 2 is 0.739 bits per heavy atom. The van der Waals surface area contributed by atoms with Crippen LogP contribution in [0.4, 0.5) is 26.3 Å². The fraction of sp³-hybridized carbons (Fsp3) is 0.133. The summed E-state index contributed by atoms with van der Waals surface area (Å²) >= 11 is 0. The van der Waals surface area contributed by atoms with E-state index in [4.69, 9.17) is 0 Å². The van der Waals surface area contributed by atoms with E-state index < -0.39 is 48.3 Å². The Morgan fingerprint density at radius 3 is 1.07 bits per heavy atom. The maximum atomic E-state index is 13.4. The molecule has 0 unspecified atom stereocenters. The first kappa shape index (κ1) is 30.0. The summed E-state index contributed by atoms with van der Waals surface area (Å²) in [6.45, 7) is 2.40. The fourth-order valence-corrected chi connectivity index (χ4v) is 7.27. The lowest BCUT2D eigenvalue weighted by Gasteiger charge is -2.23. The summed E-state index contributed by atoms with van der Waals surface area (Å²) in [5, 5.41) is 24.8. The number of fused-ring (bicyclic) bond motifs is 2. The zero-order valence-electron chi connectivity index (χ0n) is 23.0. The molecule has 0 spiro atoms. The van der Waals surface area contributed by atoms with Gasteiger partial charge in [0.15, 0.2) is 11.5 Å². The molecule has 0 aliphatic heterocycles. The molecule has 0 aromatic heterocycles. The van der Waals surface area contributed by atoms with Crippen LogP contribution in [0.2, 0.25) is 0 Å². The highest BCUT2D eigenvalue weighted by Crippen LogP contribution is 2.53. The molecule has 0 fully saturated rings. The van der Waals surface area contributed by atoms with Crippen LogP contribution in [0.1, 0.15) is 11.1 Å². The molecule has 8 nitrogen and oxygen atoms in total. The first-order valence-corrected chi connectivity index (χ1v) is 15.9. The van der Waals surface area contributed by atoms with E-state index in [1.54, 1.807) is 24.3 Å². The van der Waals surface area contributed by atoms with Gasteiger partial charge in [0.25, 0.3) is 0 Å². The van der Waals surface area contributed by atoms with Crippen molar-refractivity contribution in [1.29, 1.82) is 0 Å². The second-order valence-corrected chi connectivity index (χ2v) is 13.8. The van der Waals surface area contributed by atoms with Crippen molar-refractivity contribution in [3.8, 4) is 23.0 Å². The van der Waals surface area contributed by atoms with Crippen molar-refractivity contribution in [3.05, 3.63) is 59.7 Å². The van der Waals surface area contributed by atoms with Gasteiger partial charge in [-0.3, -0.25) is 0 Å². The molecular weight excluding hydrogens is 666 g/mol. The monoisotopic (exact) mass is 682 g/mol. The molecule has 0 radical (unpaired) electrons. The van der Waals surface area contributed by atoms with Crippen molar-refractivity contribution in [2.75, 3.05) is 0 Å². The van der Waals surface area contributed by atoms with Crippen molar-refractivity contribution in [1.82, 2.24) is 0 Å². The molecular formula is C30H16F6O8S2. The molecule has 7 aromatic rings. The Morgan fingerprint density at radius 1 is 0.478 bits per heavy atom. The second kappa shape index (κ2) is 8.97. The smallest absolute Gasteiger partial charge is 0.507 e. The first-order valence-electron chi connectivity index (χ1n) is 13.0. The lowest BCUT2D eigenvalue weighted by molar-refractivity contribution is -0.0502. The number of benzene rings is 7.